The molecule has 1 aliphatic heterocycles. The third-order valence-electron chi connectivity index (χ3n) is 4.18. The zero-order valence-electron chi connectivity index (χ0n) is 11.2. The van der Waals surface area contributed by atoms with Crippen molar-refractivity contribution in [3.63, 3.8) is 0 Å². The van der Waals surface area contributed by atoms with Crippen molar-refractivity contribution in [1.82, 2.24) is 4.90 Å². The van der Waals surface area contributed by atoms with Crippen molar-refractivity contribution < 1.29 is 14.3 Å². The molecule has 2 fully saturated rings. The number of hydrogen-bond donors (Lipinski definition) is 0. The van der Waals surface area contributed by atoms with Gasteiger partial charge in [0, 0.05) is 45.1 Å². The Hall–Kier alpha value is -0.900. The van der Waals surface area contributed by atoms with Gasteiger partial charge >= 0.3 is 0 Å². The Balaban J connectivity index is 1.90. The van der Waals surface area contributed by atoms with Gasteiger partial charge in [-0.15, -0.1) is 0 Å². The molecule has 0 N–H and O–H groups in total. The Morgan fingerprint density at radius 1 is 1.39 bits per heavy atom. The van der Waals surface area contributed by atoms with E-state index in [1.165, 1.54) is 0 Å². The fourth-order valence-corrected chi connectivity index (χ4v) is 3.28. The maximum atomic E-state index is 12.2. The second-order valence-corrected chi connectivity index (χ2v) is 5.36. The van der Waals surface area contributed by atoms with Gasteiger partial charge in [0.1, 0.15) is 5.78 Å². The molecular weight excluding hydrogens is 230 g/mol. The van der Waals surface area contributed by atoms with Crippen molar-refractivity contribution in [2.75, 3.05) is 20.3 Å². The number of Topliss-reactive ketones (excluding diaryl/α,β-unsaturated/α-hetero) is 1. The van der Waals surface area contributed by atoms with Crippen LogP contribution in [0, 0.1) is 5.92 Å². The van der Waals surface area contributed by atoms with Crippen LogP contribution in [0.5, 0.6) is 0 Å². The Labute approximate surface area is 109 Å². The molecule has 1 aliphatic carbocycles. The fourth-order valence-electron chi connectivity index (χ4n) is 3.28. The van der Waals surface area contributed by atoms with Gasteiger partial charge in [-0.1, -0.05) is 0 Å². The molecule has 1 amide bonds. The summed E-state index contributed by atoms with van der Waals surface area (Å²) in [6, 6.07) is 0.190. The summed E-state index contributed by atoms with van der Waals surface area (Å²) in [5.41, 5.74) is 0. The van der Waals surface area contributed by atoms with Crippen LogP contribution in [0.1, 0.15) is 44.9 Å². The monoisotopic (exact) mass is 253 g/mol. The molecule has 1 saturated heterocycles. The predicted molar refractivity (Wildman–Crippen MR) is 68.2 cm³/mol. The van der Waals surface area contributed by atoms with E-state index < -0.39 is 0 Å². The number of carbonyl (C=O) groups excluding carboxylic acids is 2. The van der Waals surface area contributed by atoms with Gasteiger partial charge in [-0.05, 0) is 32.1 Å². The largest absolute Gasteiger partial charge is 0.385 e. The lowest BCUT2D eigenvalue weighted by atomic mass is 9.95. The Bertz CT molecular complexity index is 316. The third kappa shape index (κ3) is 2.91. The van der Waals surface area contributed by atoms with Crippen molar-refractivity contribution in [3.05, 3.63) is 0 Å². The Kier molecular flexibility index (Phi) is 4.75. The fraction of sp³-hybridized carbons (Fsp3) is 0.857. The summed E-state index contributed by atoms with van der Waals surface area (Å²) in [5.74, 6) is 0.699. The number of rotatable bonds is 5. The highest BCUT2D eigenvalue weighted by atomic mass is 16.5. The highest BCUT2D eigenvalue weighted by molar-refractivity contribution is 5.85. The molecule has 0 bridgehead atoms. The van der Waals surface area contributed by atoms with Gasteiger partial charge in [0.15, 0.2) is 0 Å². The van der Waals surface area contributed by atoms with Crippen LogP contribution in [0.15, 0.2) is 0 Å². The summed E-state index contributed by atoms with van der Waals surface area (Å²) in [4.78, 5) is 25.9. The second-order valence-electron chi connectivity index (χ2n) is 5.36. The minimum absolute atomic E-state index is 0.124. The SMILES string of the molecule is COCCCC(=O)N1CCCC1C1CCCC1=O. The Morgan fingerprint density at radius 2 is 2.22 bits per heavy atom. The molecular formula is C14H23NO3. The molecule has 102 valence electrons. The van der Waals surface area contributed by atoms with Crippen LogP contribution in [0.3, 0.4) is 0 Å². The van der Waals surface area contributed by atoms with Gasteiger partial charge in [0.25, 0.3) is 0 Å². The van der Waals surface area contributed by atoms with Crippen molar-refractivity contribution in [1.29, 1.82) is 0 Å². The number of likely N-dealkylation sites (tertiary alicyclic amines) is 1. The first kappa shape index (κ1) is 13.5. The smallest absolute Gasteiger partial charge is 0.222 e. The van der Waals surface area contributed by atoms with Gasteiger partial charge < -0.3 is 9.64 Å². The number of ether oxygens (including phenoxy) is 1. The third-order valence-corrected chi connectivity index (χ3v) is 4.18. The molecule has 1 saturated carbocycles. The minimum atomic E-state index is 0.124. The molecule has 4 nitrogen and oxygen atoms in total. The first-order chi connectivity index (χ1) is 8.74. The highest BCUT2D eigenvalue weighted by Crippen LogP contribution is 2.33. The van der Waals surface area contributed by atoms with E-state index in [4.69, 9.17) is 4.74 Å². The number of carbonyl (C=O) groups is 2. The number of ketones is 1. The first-order valence-electron chi connectivity index (χ1n) is 7.05. The zero-order chi connectivity index (χ0) is 13.0. The quantitative estimate of drug-likeness (QED) is 0.702. The lowest BCUT2D eigenvalue weighted by molar-refractivity contribution is -0.134. The van der Waals surface area contributed by atoms with Crippen LogP contribution < -0.4 is 0 Å². The van der Waals surface area contributed by atoms with E-state index >= 15 is 0 Å². The van der Waals surface area contributed by atoms with Crippen LogP contribution in [-0.2, 0) is 14.3 Å². The maximum Gasteiger partial charge on any atom is 0.222 e. The normalized spacial score (nSPS) is 28.1. The van der Waals surface area contributed by atoms with Crippen molar-refractivity contribution >= 4 is 11.7 Å². The zero-order valence-corrected chi connectivity index (χ0v) is 11.2. The van der Waals surface area contributed by atoms with Crippen LogP contribution in [0.25, 0.3) is 0 Å². The van der Waals surface area contributed by atoms with Crippen LogP contribution in [0.2, 0.25) is 0 Å². The molecule has 0 radical (unpaired) electrons. The van der Waals surface area contributed by atoms with Gasteiger partial charge in [0.2, 0.25) is 5.91 Å². The van der Waals surface area contributed by atoms with Crippen molar-refractivity contribution in [3.8, 4) is 0 Å². The van der Waals surface area contributed by atoms with E-state index in [1.807, 2.05) is 4.90 Å². The van der Waals surface area contributed by atoms with E-state index in [-0.39, 0.29) is 17.9 Å². The lowest BCUT2D eigenvalue weighted by Gasteiger charge is -2.28. The number of methoxy groups -OCH3 is 1. The summed E-state index contributed by atoms with van der Waals surface area (Å²) in [5, 5.41) is 0. The Morgan fingerprint density at radius 3 is 2.89 bits per heavy atom. The van der Waals surface area contributed by atoms with E-state index in [0.29, 0.717) is 25.2 Å². The average molecular weight is 253 g/mol. The molecule has 0 aromatic rings. The molecule has 0 aromatic carbocycles. The number of amides is 1. The van der Waals surface area contributed by atoms with E-state index in [0.717, 1.165) is 38.6 Å². The molecule has 18 heavy (non-hydrogen) atoms. The molecule has 2 rings (SSSR count). The summed E-state index contributed by atoms with van der Waals surface area (Å²) in [6.07, 6.45) is 6.07. The van der Waals surface area contributed by atoms with Crippen LogP contribution in [-0.4, -0.2) is 42.9 Å². The molecule has 0 spiro atoms. The second kappa shape index (κ2) is 6.32. The summed E-state index contributed by atoms with van der Waals surface area (Å²) < 4.78 is 4.97. The van der Waals surface area contributed by atoms with Crippen molar-refractivity contribution in [2.24, 2.45) is 5.92 Å². The lowest BCUT2D eigenvalue weighted by Crippen LogP contribution is -2.41. The summed E-state index contributed by atoms with van der Waals surface area (Å²) in [6.45, 7) is 1.47. The van der Waals surface area contributed by atoms with E-state index in [9.17, 15) is 9.59 Å². The van der Waals surface area contributed by atoms with Gasteiger partial charge in [-0.2, -0.15) is 0 Å². The minimum Gasteiger partial charge on any atom is -0.385 e. The summed E-state index contributed by atoms with van der Waals surface area (Å²) in [7, 11) is 1.65. The maximum absolute atomic E-state index is 12.2. The van der Waals surface area contributed by atoms with Gasteiger partial charge in [-0.25, -0.2) is 0 Å². The standard InChI is InChI=1S/C14H23NO3/c1-18-10-4-8-14(17)15-9-3-6-12(15)11-5-2-7-13(11)16/h11-12H,2-10H2,1H3. The molecule has 4 heteroatoms. The van der Waals surface area contributed by atoms with Crippen LogP contribution >= 0.6 is 0 Å². The number of hydrogen-bond acceptors (Lipinski definition) is 3. The molecule has 1 heterocycles. The molecule has 2 atom stereocenters. The number of nitrogens with zero attached hydrogens (tertiary/aromatic N) is 1. The van der Waals surface area contributed by atoms with Gasteiger partial charge in [-0.3, -0.25) is 9.59 Å². The highest BCUT2D eigenvalue weighted by Gasteiger charge is 2.39. The first-order valence-corrected chi connectivity index (χ1v) is 7.05. The molecule has 2 aliphatic rings. The van der Waals surface area contributed by atoms with Crippen molar-refractivity contribution in [2.45, 2.75) is 51.0 Å². The van der Waals surface area contributed by atoms with Gasteiger partial charge in [0.05, 0.1) is 0 Å². The van der Waals surface area contributed by atoms with Crippen LogP contribution in [0.4, 0.5) is 0 Å². The average Bonchev–Trinajstić information content (AvgIpc) is 2.97. The topological polar surface area (TPSA) is 46.6 Å². The molecule has 2 unspecified atom stereocenters. The summed E-state index contributed by atoms with van der Waals surface area (Å²) >= 11 is 0. The molecule has 0 aromatic heterocycles. The van der Waals surface area contributed by atoms with E-state index in [1.54, 1.807) is 7.11 Å². The van der Waals surface area contributed by atoms with E-state index in [2.05, 4.69) is 0 Å². The predicted octanol–water partition coefficient (Wildman–Crippen LogP) is 1.77.